The number of amides is 3. The van der Waals surface area contributed by atoms with Crippen molar-refractivity contribution < 1.29 is 27.2 Å². The molecule has 1 N–H and O–H groups in total. The molecule has 1 fully saturated rings. The van der Waals surface area contributed by atoms with Crippen LogP contribution in [0.4, 0.5) is 15.8 Å². The molecule has 1 aliphatic rings. The number of nitrogens with one attached hydrogen (secondary N) is 1. The first-order valence-corrected chi connectivity index (χ1v) is 11.9. The lowest BCUT2D eigenvalue weighted by Crippen LogP contribution is -2.55. The minimum atomic E-state index is -4.21. The molecule has 10 heteroatoms. The largest absolute Gasteiger partial charge is 0.326 e. The van der Waals surface area contributed by atoms with Crippen molar-refractivity contribution in [1.82, 2.24) is 4.31 Å². The number of sulfonamides is 1. The number of hydrogen-bond donors (Lipinski definition) is 1. The Morgan fingerprint density at radius 2 is 1.70 bits per heavy atom. The Morgan fingerprint density at radius 1 is 1.12 bits per heavy atom. The van der Waals surface area contributed by atoms with E-state index < -0.39 is 39.2 Å². The van der Waals surface area contributed by atoms with Crippen LogP contribution >= 0.6 is 0 Å². The van der Waals surface area contributed by atoms with E-state index in [0.29, 0.717) is 12.1 Å². The third kappa shape index (κ3) is 4.81. The van der Waals surface area contributed by atoms with Gasteiger partial charge in [0.15, 0.2) is 0 Å². The molecule has 0 radical (unpaired) electrons. The predicted octanol–water partition coefficient (Wildman–Crippen LogP) is 3.30. The summed E-state index contributed by atoms with van der Waals surface area (Å²) in [4.78, 5) is 38.2. The summed E-state index contributed by atoms with van der Waals surface area (Å²) in [6.45, 7) is 6.51. The van der Waals surface area contributed by atoms with Crippen molar-refractivity contribution in [3.63, 3.8) is 0 Å². The summed E-state index contributed by atoms with van der Waals surface area (Å²) in [5.74, 6) is -2.07. The molecule has 1 heterocycles. The van der Waals surface area contributed by atoms with Crippen LogP contribution in [-0.2, 0) is 24.4 Å². The maximum atomic E-state index is 13.7. The molecule has 0 aromatic heterocycles. The predicted molar refractivity (Wildman–Crippen MR) is 121 cm³/mol. The van der Waals surface area contributed by atoms with Gasteiger partial charge in [-0.2, -0.15) is 4.31 Å². The highest BCUT2D eigenvalue weighted by Crippen LogP contribution is 2.36. The number of anilines is 2. The molecule has 0 spiro atoms. The maximum Gasteiger partial charge on any atom is 0.252 e. The van der Waals surface area contributed by atoms with E-state index in [9.17, 15) is 27.2 Å². The van der Waals surface area contributed by atoms with E-state index in [-0.39, 0.29) is 22.9 Å². The molecule has 3 rings (SSSR count). The first-order valence-electron chi connectivity index (χ1n) is 10.4. The average molecular weight is 476 g/mol. The van der Waals surface area contributed by atoms with Crippen molar-refractivity contribution in [2.75, 3.05) is 10.2 Å². The zero-order chi connectivity index (χ0) is 24.6. The first kappa shape index (κ1) is 24.5. The van der Waals surface area contributed by atoms with Gasteiger partial charge in [0, 0.05) is 18.2 Å². The third-order valence-electron chi connectivity index (χ3n) is 5.68. The minimum Gasteiger partial charge on any atom is -0.326 e. The standard InChI is InChI=1S/C23H26FN3O5S/c1-5-23(3,4)27(33(31,32)19-12-8-17(9-13-19)25-15(2)28)20-14-21(29)26(22(20)30)18-10-6-16(24)7-11-18/h6-13,20H,5,14H2,1-4H3,(H,25,28). The highest BCUT2D eigenvalue weighted by atomic mass is 32.2. The van der Waals surface area contributed by atoms with Gasteiger partial charge < -0.3 is 5.32 Å². The molecule has 1 unspecified atom stereocenters. The van der Waals surface area contributed by atoms with Crippen LogP contribution in [0.3, 0.4) is 0 Å². The monoisotopic (exact) mass is 475 g/mol. The second-order valence-corrected chi connectivity index (χ2v) is 10.3. The Kier molecular flexibility index (Phi) is 6.71. The molecule has 176 valence electrons. The Labute approximate surface area is 192 Å². The summed E-state index contributed by atoms with van der Waals surface area (Å²) in [7, 11) is -4.21. The van der Waals surface area contributed by atoms with Gasteiger partial charge >= 0.3 is 0 Å². The van der Waals surface area contributed by atoms with E-state index >= 15 is 0 Å². The molecular weight excluding hydrogens is 449 g/mol. The second kappa shape index (κ2) is 9.03. The number of carbonyl (C=O) groups excluding carboxylic acids is 3. The highest BCUT2D eigenvalue weighted by molar-refractivity contribution is 7.89. The number of benzene rings is 2. The lowest BCUT2D eigenvalue weighted by molar-refractivity contribution is -0.123. The van der Waals surface area contributed by atoms with Crippen molar-refractivity contribution in [2.45, 2.75) is 57.0 Å². The molecule has 0 saturated carbocycles. The van der Waals surface area contributed by atoms with Gasteiger partial charge in [-0.3, -0.25) is 14.4 Å². The van der Waals surface area contributed by atoms with E-state index in [2.05, 4.69) is 5.32 Å². The van der Waals surface area contributed by atoms with Crippen LogP contribution in [0.15, 0.2) is 53.4 Å². The average Bonchev–Trinajstić information content (AvgIpc) is 3.02. The van der Waals surface area contributed by atoms with Crippen molar-refractivity contribution in [3.05, 3.63) is 54.3 Å². The fourth-order valence-corrected chi connectivity index (χ4v) is 5.74. The molecule has 0 bridgehead atoms. The van der Waals surface area contributed by atoms with Crippen LogP contribution in [0.2, 0.25) is 0 Å². The van der Waals surface area contributed by atoms with Crippen LogP contribution < -0.4 is 10.2 Å². The molecule has 1 aliphatic heterocycles. The van der Waals surface area contributed by atoms with E-state index in [1.54, 1.807) is 20.8 Å². The fraction of sp³-hybridized carbons (Fsp3) is 0.348. The molecule has 8 nitrogen and oxygen atoms in total. The third-order valence-corrected chi connectivity index (χ3v) is 7.82. The lowest BCUT2D eigenvalue weighted by atomic mass is 10.00. The van der Waals surface area contributed by atoms with Gasteiger partial charge in [-0.15, -0.1) is 0 Å². The quantitative estimate of drug-likeness (QED) is 0.619. The van der Waals surface area contributed by atoms with Gasteiger partial charge in [0.1, 0.15) is 11.9 Å². The lowest BCUT2D eigenvalue weighted by Gasteiger charge is -2.39. The van der Waals surface area contributed by atoms with Gasteiger partial charge in [0.25, 0.3) is 5.91 Å². The normalized spacial score (nSPS) is 17.0. The summed E-state index contributed by atoms with van der Waals surface area (Å²) in [6, 6.07) is 9.22. The van der Waals surface area contributed by atoms with Crippen LogP contribution in [0, 0.1) is 5.82 Å². The molecular formula is C23H26FN3O5S. The molecule has 0 aliphatic carbocycles. The Hall–Kier alpha value is -3.11. The highest BCUT2D eigenvalue weighted by Gasteiger charge is 2.51. The summed E-state index contributed by atoms with van der Waals surface area (Å²) in [5, 5.41) is 2.57. The van der Waals surface area contributed by atoms with Crippen LogP contribution in [0.25, 0.3) is 0 Å². The van der Waals surface area contributed by atoms with E-state index in [1.165, 1.54) is 43.3 Å². The first-order chi connectivity index (χ1) is 15.4. The van der Waals surface area contributed by atoms with E-state index in [4.69, 9.17) is 0 Å². The van der Waals surface area contributed by atoms with Crippen LogP contribution in [0.5, 0.6) is 0 Å². The molecule has 1 atom stereocenters. The summed E-state index contributed by atoms with van der Waals surface area (Å²) in [5.41, 5.74) is -0.383. The van der Waals surface area contributed by atoms with E-state index in [0.717, 1.165) is 21.3 Å². The number of nitrogens with zero attached hydrogens (tertiary/aromatic N) is 2. The topological polar surface area (TPSA) is 104 Å². The van der Waals surface area contributed by atoms with Crippen LogP contribution in [-0.4, -0.2) is 42.0 Å². The number of hydrogen-bond acceptors (Lipinski definition) is 5. The van der Waals surface area contributed by atoms with Gasteiger partial charge in [-0.05, 0) is 68.8 Å². The van der Waals surface area contributed by atoms with Gasteiger partial charge in [0.05, 0.1) is 17.0 Å². The SMILES string of the molecule is CCC(C)(C)N(C1CC(=O)N(c2ccc(F)cc2)C1=O)S(=O)(=O)c1ccc(NC(C)=O)cc1. The smallest absolute Gasteiger partial charge is 0.252 e. The minimum absolute atomic E-state index is 0.0707. The van der Waals surface area contributed by atoms with Gasteiger partial charge in [0.2, 0.25) is 21.8 Å². The molecule has 2 aromatic carbocycles. The molecule has 33 heavy (non-hydrogen) atoms. The van der Waals surface area contributed by atoms with Gasteiger partial charge in [-0.1, -0.05) is 6.92 Å². The Morgan fingerprint density at radius 3 is 2.21 bits per heavy atom. The molecule has 1 saturated heterocycles. The molecule has 2 aromatic rings. The zero-order valence-corrected chi connectivity index (χ0v) is 19.6. The van der Waals surface area contributed by atoms with Crippen LogP contribution in [0.1, 0.15) is 40.5 Å². The fourth-order valence-electron chi connectivity index (χ4n) is 3.76. The number of imide groups is 1. The maximum absolute atomic E-state index is 13.7. The Balaban J connectivity index is 2.03. The second-order valence-electron chi connectivity index (χ2n) is 8.44. The van der Waals surface area contributed by atoms with Crippen molar-refractivity contribution >= 4 is 39.1 Å². The number of halogens is 1. The number of rotatable bonds is 7. The van der Waals surface area contributed by atoms with E-state index in [1.807, 2.05) is 0 Å². The number of carbonyl (C=O) groups is 3. The zero-order valence-electron chi connectivity index (χ0n) is 18.8. The van der Waals surface area contributed by atoms with Crippen molar-refractivity contribution in [1.29, 1.82) is 0 Å². The summed E-state index contributed by atoms with van der Waals surface area (Å²) < 4.78 is 41.8. The molecule has 3 amide bonds. The van der Waals surface area contributed by atoms with Gasteiger partial charge in [-0.25, -0.2) is 17.7 Å². The van der Waals surface area contributed by atoms with Crippen molar-refractivity contribution in [3.8, 4) is 0 Å². The Bertz CT molecular complexity index is 1180. The summed E-state index contributed by atoms with van der Waals surface area (Å²) in [6.07, 6.45) is 0.0492. The van der Waals surface area contributed by atoms with Crippen molar-refractivity contribution in [2.24, 2.45) is 0 Å². The summed E-state index contributed by atoms with van der Waals surface area (Å²) >= 11 is 0.